The van der Waals surface area contributed by atoms with Gasteiger partial charge in [0.15, 0.2) is 9.84 Å². The van der Waals surface area contributed by atoms with Crippen molar-refractivity contribution < 1.29 is 13.5 Å². The van der Waals surface area contributed by atoms with Gasteiger partial charge >= 0.3 is 0 Å². The third-order valence-electron chi connectivity index (χ3n) is 3.73. The molecule has 0 aromatic carbocycles. The maximum Gasteiger partial charge on any atom is 0.151 e. The molecule has 2 atom stereocenters. The number of nitrogens with one attached hydrogen (secondary N) is 1. The minimum atomic E-state index is -2.84. The number of hydrogen-bond donors (Lipinski definition) is 2. The first-order valence-electron chi connectivity index (χ1n) is 6.39. The highest BCUT2D eigenvalue weighted by Gasteiger charge is 2.33. The number of rotatable bonds is 5. The smallest absolute Gasteiger partial charge is 0.151 e. The van der Waals surface area contributed by atoms with Gasteiger partial charge in [0.2, 0.25) is 0 Å². The Balaban J connectivity index is 1.92. The molecule has 17 heavy (non-hydrogen) atoms. The van der Waals surface area contributed by atoms with Crippen molar-refractivity contribution in [1.82, 2.24) is 10.2 Å². The molecule has 2 fully saturated rings. The van der Waals surface area contributed by atoms with Gasteiger partial charge in [-0.05, 0) is 25.8 Å². The van der Waals surface area contributed by atoms with Crippen LogP contribution in [0, 0.1) is 0 Å². The normalized spacial score (nSPS) is 32.4. The van der Waals surface area contributed by atoms with Crippen molar-refractivity contribution in [1.29, 1.82) is 0 Å². The maximum absolute atomic E-state index is 11.5. The molecule has 5 nitrogen and oxygen atoms in total. The molecule has 2 rings (SSSR count). The molecule has 0 aliphatic carbocycles. The van der Waals surface area contributed by atoms with Crippen molar-refractivity contribution in [2.75, 3.05) is 37.7 Å². The molecular weight excluding hydrogens is 240 g/mol. The first-order valence-corrected chi connectivity index (χ1v) is 8.21. The lowest BCUT2D eigenvalue weighted by Crippen LogP contribution is -2.45. The Bertz CT molecular complexity index is 339. The van der Waals surface area contributed by atoms with Crippen molar-refractivity contribution in [2.45, 2.75) is 31.3 Å². The standard InChI is InChI=1S/C11H22N2O3S/c14-6-5-13(8-10-2-1-4-12-10)11-3-7-17(15,16)9-11/h10-12,14H,1-9H2. The Morgan fingerprint density at radius 2 is 2.18 bits per heavy atom. The predicted molar refractivity (Wildman–Crippen MR) is 66.7 cm³/mol. The van der Waals surface area contributed by atoms with Crippen LogP contribution in [0.25, 0.3) is 0 Å². The van der Waals surface area contributed by atoms with Gasteiger partial charge in [-0.1, -0.05) is 0 Å². The van der Waals surface area contributed by atoms with Gasteiger partial charge < -0.3 is 10.4 Å². The molecule has 0 radical (unpaired) electrons. The Hall–Kier alpha value is -0.170. The van der Waals surface area contributed by atoms with E-state index in [1.54, 1.807) is 0 Å². The molecule has 0 saturated carbocycles. The van der Waals surface area contributed by atoms with Gasteiger partial charge in [0.1, 0.15) is 0 Å². The van der Waals surface area contributed by atoms with E-state index in [0.29, 0.717) is 18.3 Å². The quantitative estimate of drug-likeness (QED) is 0.680. The van der Waals surface area contributed by atoms with Crippen molar-refractivity contribution in [3.63, 3.8) is 0 Å². The number of nitrogens with zero attached hydrogens (tertiary/aromatic N) is 1. The molecule has 2 heterocycles. The molecule has 0 bridgehead atoms. The minimum Gasteiger partial charge on any atom is -0.395 e. The van der Waals surface area contributed by atoms with E-state index in [0.717, 1.165) is 25.9 Å². The van der Waals surface area contributed by atoms with E-state index in [1.165, 1.54) is 6.42 Å². The van der Waals surface area contributed by atoms with Gasteiger partial charge in [0, 0.05) is 25.2 Å². The zero-order valence-corrected chi connectivity index (χ0v) is 11.0. The second-order valence-corrected chi connectivity index (χ2v) is 7.30. The lowest BCUT2D eigenvalue weighted by atomic mass is 10.1. The topological polar surface area (TPSA) is 69.6 Å². The van der Waals surface area contributed by atoms with Crippen molar-refractivity contribution in [2.24, 2.45) is 0 Å². The summed E-state index contributed by atoms with van der Waals surface area (Å²) < 4.78 is 23.0. The van der Waals surface area contributed by atoms with Gasteiger partial charge in [-0.15, -0.1) is 0 Å². The van der Waals surface area contributed by atoms with Crippen LogP contribution in [0.1, 0.15) is 19.3 Å². The van der Waals surface area contributed by atoms with E-state index < -0.39 is 9.84 Å². The fourth-order valence-corrected chi connectivity index (χ4v) is 4.57. The maximum atomic E-state index is 11.5. The van der Waals surface area contributed by atoms with Crippen molar-refractivity contribution in [3.05, 3.63) is 0 Å². The molecule has 6 heteroatoms. The van der Waals surface area contributed by atoms with Crippen LogP contribution < -0.4 is 5.32 Å². The molecule has 0 spiro atoms. The summed E-state index contributed by atoms with van der Waals surface area (Å²) in [5.74, 6) is 0.567. The lowest BCUT2D eigenvalue weighted by molar-refractivity contribution is 0.149. The molecule has 0 aromatic heterocycles. The number of aliphatic hydroxyl groups excluding tert-OH is 1. The molecule has 2 unspecified atom stereocenters. The molecule has 2 aliphatic rings. The van der Waals surface area contributed by atoms with Crippen LogP contribution in [0.15, 0.2) is 0 Å². The third-order valence-corrected chi connectivity index (χ3v) is 5.48. The molecule has 0 aromatic rings. The third kappa shape index (κ3) is 3.64. The molecule has 100 valence electrons. The van der Waals surface area contributed by atoms with Crippen molar-refractivity contribution in [3.8, 4) is 0 Å². The first-order chi connectivity index (χ1) is 8.11. The van der Waals surface area contributed by atoms with Crippen LogP contribution in [-0.2, 0) is 9.84 Å². The highest BCUT2D eigenvalue weighted by atomic mass is 32.2. The molecule has 2 saturated heterocycles. The van der Waals surface area contributed by atoms with Crippen molar-refractivity contribution >= 4 is 9.84 Å². The van der Waals surface area contributed by atoms with Crippen LogP contribution >= 0.6 is 0 Å². The molecular formula is C11H22N2O3S. The Morgan fingerprint density at radius 1 is 1.35 bits per heavy atom. The van der Waals surface area contributed by atoms with E-state index >= 15 is 0 Å². The van der Waals surface area contributed by atoms with Crippen LogP contribution in [0.5, 0.6) is 0 Å². The summed E-state index contributed by atoms with van der Waals surface area (Å²) in [6, 6.07) is 0.569. The number of aliphatic hydroxyl groups is 1. The Labute approximate surface area is 103 Å². The SMILES string of the molecule is O=S1(=O)CCC(N(CCO)CC2CCCN2)C1. The summed E-state index contributed by atoms with van der Waals surface area (Å²) in [4.78, 5) is 2.15. The van der Waals surface area contributed by atoms with Gasteiger partial charge in [-0.2, -0.15) is 0 Å². The Kier molecular flexibility index (Phi) is 4.41. The van der Waals surface area contributed by atoms with Gasteiger partial charge in [-0.25, -0.2) is 8.42 Å². The lowest BCUT2D eigenvalue weighted by Gasteiger charge is -2.29. The average Bonchev–Trinajstić information content (AvgIpc) is 2.87. The Morgan fingerprint density at radius 3 is 2.71 bits per heavy atom. The van der Waals surface area contributed by atoms with Gasteiger partial charge in [0.05, 0.1) is 18.1 Å². The summed E-state index contributed by atoms with van der Waals surface area (Å²) >= 11 is 0. The highest BCUT2D eigenvalue weighted by molar-refractivity contribution is 7.91. The molecule has 2 N–H and O–H groups in total. The predicted octanol–water partition coefficient (Wildman–Crippen LogP) is -0.780. The summed E-state index contributed by atoms with van der Waals surface area (Å²) in [6.07, 6.45) is 3.07. The summed E-state index contributed by atoms with van der Waals surface area (Å²) in [6.45, 7) is 2.60. The van der Waals surface area contributed by atoms with Crippen LogP contribution in [-0.4, -0.2) is 68.3 Å². The minimum absolute atomic E-state index is 0.100. The monoisotopic (exact) mass is 262 g/mol. The molecule has 2 aliphatic heterocycles. The largest absolute Gasteiger partial charge is 0.395 e. The first kappa shape index (κ1) is 13.3. The van der Waals surface area contributed by atoms with E-state index in [4.69, 9.17) is 5.11 Å². The average molecular weight is 262 g/mol. The second-order valence-electron chi connectivity index (χ2n) is 5.07. The van der Waals surface area contributed by atoms with E-state index in [-0.39, 0.29) is 18.4 Å². The summed E-state index contributed by atoms with van der Waals surface area (Å²) in [7, 11) is -2.84. The summed E-state index contributed by atoms with van der Waals surface area (Å²) in [5, 5.41) is 12.5. The number of hydrogen-bond acceptors (Lipinski definition) is 5. The van der Waals surface area contributed by atoms with Crippen LogP contribution in [0.3, 0.4) is 0 Å². The number of sulfone groups is 1. The van der Waals surface area contributed by atoms with Gasteiger partial charge in [-0.3, -0.25) is 4.90 Å². The fourth-order valence-electron chi connectivity index (χ4n) is 2.81. The zero-order valence-electron chi connectivity index (χ0n) is 10.1. The second kappa shape index (κ2) is 5.65. The van der Waals surface area contributed by atoms with E-state index in [1.807, 2.05) is 0 Å². The van der Waals surface area contributed by atoms with E-state index in [2.05, 4.69) is 10.2 Å². The zero-order chi connectivity index (χ0) is 12.3. The molecule has 0 amide bonds. The van der Waals surface area contributed by atoms with Crippen LogP contribution in [0.4, 0.5) is 0 Å². The van der Waals surface area contributed by atoms with E-state index in [9.17, 15) is 8.42 Å². The van der Waals surface area contributed by atoms with Gasteiger partial charge in [0.25, 0.3) is 0 Å². The highest BCUT2D eigenvalue weighted by Crippen LogP contribution is 2.19. The van der Waals surface area contributed by atoms with Crippen LogP contribution in [0.2, 0.25) is 0 Å². The summed E-state index contributed by atoms with van der Waals surface area (Å²) in [5.41, 5.74) is 0. The fraction of sp³-hybridized carbons (Fsp3) is 1.00.